The Hall–Kier alpha value is -0.440. The SMILES string of the molecule is C[C@@H]1CCC[C@H](C)CCC[C@H](C)CC[C@@H](C)CCC[C@@H](C)CCC[C@@H](C)CCC[C@@H](C)CCO[C@H](CO[C@@H]2C(O)[C@@H](O)[C@H](O)C2(O)CO)COCC[C@H](C)CCC[C@H](C)CCC[C@H](C)CCC[C@H](C)CC[C@@H](C)CCC[C@@H](C)CCC[C@@H](C)CCC[C@@H](C)CCO[C@H](CO)COCC[C@H](C)CCC1. The van der Waals surface area contributed by atoms with Crippen molar-refractivity contribution in [2.24, 2.45) is 94.7 Å². The minimum absolute atomic E-state index is 0.0106. The summed E-state index contributed by atoms with van der Waals surface area (Å²) in [5, 5.41) is 62.7. The summed E-state index contributed by atoms with van der Waals surface area (Å²) in [6.07, 6.45) is 50.5. The fourth-order valence-electron chi connectivity index (χ4n) is 17.2. The van der Waals surface area contributed by atoms with Gasteiger partial charge in [0.15, 0.2) is 0 Å². The lowest BCUT2D eigenvalue weighted by atomic mass is 9.88. The van der Waals surface area contributed by atoms with Crippen molar-refractivity contribution >= 4 is 0 Å². The lowest BCUT2D eigenvalue weighted by Crippen LogP contribution is -2.53. The monoisotopic (exact) mass is 1460 g/mol. The highest BCUT2D eigenvalue weighted by Gasteiger charge is 2.60. The van der Waals surface area contributed by atoms with Gasteiger partial charge in [0.25, 0.3) is 0 Å². The predicted octanol–water partition coefficient (Wildman–Crippen LogP) is 23.3. The first-order valence-electron chi connectivity index (χ1n) is 45.2. The van der Waals surface area contributed by atoms with Crippen LogP contribution in [0.4, 0.5) is 0 Å². The number of aliphatic hydroxyl groups is 6. The van der Waals surface area contributed by atoms with Gasteiger partial charge in [-0.25, -0.2) is 0 Å². The van der Waals surface area contributed by atoms with Gasteiger partial charge in [-0.3, -0.25) is 0 Å². The van der Waals surface area contributed by atoms with E-state index in [9.17, 15) is 30.6 Å². The fraction of sp³-hybridized carbons (Fsp3) is 1.00. The average molecular weight is 1460 g/mol. The van der Waals surface area contributed by atoms with Gasteiger partial charge in [-0.15, -0.1) is 0 Å². The molecule has 0 spiro atoms. The molecule has 0 aromatic carbocycles. The number of rotatable bonds is 5. The molecule has 6 N–H and O–H groups in total. The molecule has 11 heteroatoms. The smallest absolute Gasteiger partial charge is 0.145 e. The maximum atomic E-state index is 11.0. The summed E-state index contributed by atoms with van der Waals surface area (Å²) in [5.74, 6) is 12.1. The molecule has 1 saturated heterocycles. The minimum atomic E-state index is -2.18. The van der Waals surface area contributed by atoms with Gasteiger partial charge >= 0.3 is 0 Å². The maximum absolute atomic E-state index is 11.0. The van der Waals surface area contributed by atoms with E-state index in [0.29, 0.717) is 56.7 Å². The van der Waals surface area contributed by atoms with E-state index >= 15 is 0 Å². The topological polar surface area (TPSA) is 168 Å². The standard InChI is InChI=1S/C92H182O11/c1-70-29-17-33-74(5)41-25-49-82(13)57-61-99-66-86(65-93)101-63-59-84(15)51-27-43-76(7)35-19-31-72(3)39-23-47-80(11)55-53-79(10)46-22-38-71(2)30-18-34-75(6)42-26-50-83(14)58-62-100-67-87(68-103-91-89(96)88(95)90(97)92(91,98)69-94)102-64-60-85(16)52-28-44-77(8)36-20-32-73(4)40-24-48-81(12)56-54-78(9)45-21-37-70/h70-91,93-98H,17-69H2,1-16H3/t70-,71-,72-,73-,74+,75+,76+,77+,78-,79-,80-,81-,82+,83+,84+,85+,86+,87-,88+,89?,90-,91+,92?/m0/s1. The van der Waals surface area contributed by atoms with Crippen molar-refractivity contribution in [2.75, 3.05) is 59.5 Å². The van der Waals surface area contributed by atoms with Crippen LogP contribution in [-0.2, 0) is 23.7 Å². The molecule has 0 radical (unpaired) electrons. The van der Waals surface area contributed by atoms with Crippen LogP contribution in [0.1, 0.15) is 393 Å². The van der Waals surface area contributed by atoms with Crippen LogP contribution in [0.2, 0.25) is 0 Å². The molecule has 1 heterocycles. The second-order valence-electron chi connectivity index (χ2n) is 37.8. The van der Waals surface area contributed by atoms with Crippen LogP contribution in [0.5, 0.6) is 0 Å². The van der Waals surface area contributed by atoms with Gasteiger partial charge < -0.3 is 54.3 Å². The quantitative estimate of drug-likeness (QED) is 0.155. The van der Waals surface area contributed by atoms with Crippen molar-refractivity contribution in [1.82, 2.24) is 0 Å². The number of ether oxygens (including phenoxy) is 5. The van der Waals surface area contributed by atoms with Crippen molar-refractivity contribution < 1.29 is 54.3 Å². The molecule has 0 aromatic rings. The van der Waals surface area contributed by atoms with Crippen LogP contribution in [0.15, 0.2) is 0 Å². The highest BCUT2D eigenvalue weighted by Crippen LogP contribution is 2.35. The van der Waals surface area contributed by atoms with E-state index in [0.717, 1.165) is 110 Å². The first kappa shape index (κ1) is 98.6. The third kappa shape index (κ3) is 50.2. The van der Waals surface area contributed by atoms with Crippen LogP contribution in [0.3, 0.4) is 0 Å². The molecular formula is C92H182O11. The van der Waals surface area contributed by atoms with E-state index in [1.54, 1.807) is 0 Å². The molecule has 0 amide bonds. The highest BCUT2D eigenvalue weighted by atomic mass is 16.6. The Kier molecular flexibility index (Phi) is 58.6. The normalized spacial score (nSPS) is 38.6. The summed E-state index contributed by atoms with van der Waals surface area (Å²) in [6, 6.07) is 0. The van der Waals surface area contributed by atoms with E-state index in [4.69, 9.17) is 23.7 Å². The average Bonchev–Trinajstić information content (AvgIpc) is 1.62. The van der Waals surface area contributed by atoms with Crippen LogP contribution < -0.4 is 0 Å². The number of aliphatic hydroxyl groups excluding tert-OH is 5. The van der Waals surface area contributed by atoms with E-state index in [1.807, 2.05) is 0 Å². The van der Waals surface area contributed by atoms with Gasteiger partial charge in [-0.05, 0) is 120 Å². The van der Waals surface area contributed by atoms with Crippen LogP contribution in [0.25, 0.3) is 0 Å². The second-order valence-corrected chi connectivity index (χ2v) is 37.8. The van der Waals surface area contributed by atoms with Crippen LogP contribution in [0, 0.1) is 94.7 Å². The molecule has 1 aliphatic heterocycles. The first-order valence-corrected chi connectivity index (χ1v) is 45.2. The molecule has 2 rings (SSSR count). The molecule has 23 atom stereocenters. The van der Waals surface area contributed by atoms with E-state index in [1.165, 1.54) is 250 Å². The Morgan fingerprint density at radius 3 is 0.709 bits per heavy atom. The largest absolute Gasteiger partial charge is 0.394 e. The van der Waals surface area contributed by atoms with Crippen molar-refractivity contribution in [1.29, 1.82) is 0 Å². The summed E-state index contributed by atoms with van der Waals surface area (Å²) in [4.78, 5) is 0. The van der Waals surface area contributed by atoms with Gasteiger partial charge in [-0.1, -0.05) is 368 Å². The molecule has 616 valence electrons. The molecule has 0 bridgehead atoms. The summed E-state index contributed by atoms with van der Waals surface area (Å²) in [7, 11) is 0. The van der Waals surface area contributed by atoms with Crippen molar-refractivity contribution in [3.8, 4) is 0 Å². The van der Waals surface area contributed by atoms with Gasteiger partial charge in [0.2, 0.25) is 0 Å². The summed E-state index contributed by atoms with van der Waals surface area (Å²) < 4.78 is 30.8. The van der Waals surface area contributed by atoms with E-state index in [-0.39, 0.29) is 19.3 Å². The van der Waals surface area contributed by atoms with Crippen LogP contribution in [-0.4, -0.2) is 132 Å². The molecule has 0 aromatic heterocycles. The second kappa shape index (κ2) is 61.2. The molecule has 103 heavy (non-hydrogen) atoms. The minimum Gasteiger partial charge on any atom is -0.394 e. The molecule has 11 nitrogen and oxygen atoms in total. The Labute approximate surface area is 640 Å². The predicted molar refractivity (Wildman–Crippen MR) is 438 cm³/mol. The zero-order chi connectivity index (χ0) is 76.2. The zero-order valence-corrected chi connectivity index (χ0v) is 71.4. The summed E-state index contributed by atoms with van der Waals surface area (Å²) in [6.45, 7) is 41.7. The Morgan fingerprint density at radius 1 is 0.272 bits per heavy atom. The first-order chi connectivity index (χ1) is 49.2. The summed E-state index contributed by atoms with van der Waals surface area (Å²) >= 11 is 0. The van der Waals surface area contributed by atoms with Gasteiger partial charge in [-0.2, -0.15) is 0 Å². The maximum Gasteiger partial charge on any atom is 0.145 e. The number of hydrogen-bond acceptors (Lipinski definition) is 11. The van der Waals surface area contributed by atoms with Gasteiger partial charge in [0.05, 0.1) is 33.0 Å². The van der Waals surface area contributed by atoms with Gasteiger partial charge in [0.1, 0.15) is 42.2 Å². The van der Waals surface area contributed by atoms with Crippen molar-refractivity contribution in [3.05, 3.63) is 0 Å². The molecular weight excluding hydrogens is 1280 g/mol. The van der Waals surface area contributed by atoms with Crippen molar-refractivity contribution in [3.63, 3.8) is 0 Å². The van der Waals surface area contributed by atoms with Crippen LogP contribution >= 0.6 is 0 Å². The molecule has 2 unspecified atom stereocenters. The fourth-order valence-corrected chi connectivity index (χ4v) is 17.2. The van der Waals surface area contributed by atoms with Gasteiger partial charge in [0, 0.05) is 26.4 Å². The molecule has 1 aliphatic carbocycles. The van der Waals surface area contributed by atoms with E-state index < -0.39 is 42.7 Å². The lowest BCUT2D eigenvalue weighted by Gasteiger charge is -2.32. The Morgan fingerprint density at radius 2 is 0.476 bits per heavy atom. The van der Waals surface area contributed by atoms with E-state index in [2.05, 4.69) is 111 Å². The number of hydrogen-bond donors (Lipinski definition) is 6. The Bertz CT molecular complexity index is 1880. The third-order valence-electron chi connectivity index (χ3n) is 26.0. The molecule has 2 fully saturated rings. The van der Waals surface area contributed by atoms with Crippen molar-refractivity contribution in [2.45, 2.75) is 436 Å². The lowest BCUT2D eigenvalue weighted by molar-refractivity contribution is -0.183. The highest BCUT2D eigenvalue weighted by molar-refractivity contribution is 5.10. The zero-order valence-electron chi connectivity index (χ0n) is 71.4. The molecule has 1 saturated carbocycles. The summed E-state index contributed by atoms with van der Waals surface area (Å²) in [5.41, 5.74) is -2.18. The Balaban J connectivity index is 1.85. The third-order valence-corrected chi connectivity index (χ3v) is 26.0. The molecule has 2 aliphatic rings.